The van der Waals surface area contributed by atoms with Crippen LogP contribution in [0.5, 0.6) is 0 Å². The average molecular weight is 314 g/mol. The lowest BCUT2D eigenvalue weighted by molar-refractivity contribution is -0.147. The monoisotopic (exact) mass is 312 g/mol. The molecule has 0 saturated heterocycles. The minimum atomic E-state index is -2.46. The number of hydrogen-bond acceptors (Lipinski definition) is 3. The second-order valence-electron chi connectivity index (χ2n) is 3.22. The van der Waals surface area contributed by atoms with Crippen molar-refractivity contribution in [2.45, 2.75) is 13.1 Å². The van der Waals surface area contributed by atoms with Crippen molar-refractivity contribution in [3.63, 3.8) is 0 Å². The smallest absolute Gasteiger partial charge is 0.349 e. The molecule has 98 valence electrons. The quantitative estimate of drug-likeness (QED) is 0.483. The molecule has 0 aliphatic carbocycles. The van der Waals surface area contributed by atoms with E-state index >= 15 is 0 Å². The number of Topliss-reactive ketones (excluding diaryl/α,β-unsaturated/α-hetero) is 1. The van der Waals surface area contributed by atoms with Gasteiger partial charge in [0.15, 0.2) is 0 Å². The molecule has 1 unspecified atom stereocenters. The first-order valence-corrected chi connectivity index (χ1v) is 6.01. The molecule has 0 amide bonds. The lowest BCUT2D eigenvalue weighted by Gasteiger charge is -2.10. The molecule has 0 heterocycles. The number of rotatable bonds is 4. The molecular weight excluding hydrogens is 305 g/mol. The van der Waals surface area contributed by atoms with Gasteiger partial charge in [-0.05, 0) is 19.1 Å². The second kappa shape index (κ2) is 6.36. The highest BCUT2D eigenvalue weighted by atomic mass is 35.5. The number of ether oxygens (including phenoxy) is 1. The summed E-state index contributed by atoms with van der Waals surface area (Å²) < 4.78 is 18.0. The van der Waals surface area contributed by atoms with Gasteiger partial charge in [0.05, 0.1) is 22.2 Å². The number of halogens is 4. The lowest BCUT2D eigenvalue weighted by atomic mass is 10.1. The molecule has 1 aromatic rings. The zero-order valence-electron chi connectivity index (χ0n) is 9.18. The van der Waals surface area contributed by atoms with Crippen molar-refractivity contribution in [2.75, 3.05) is 6.61 Å². The van der Waals surface area contributed by atoms with Crippen LogP contribution in [0.4, 0.5) is 4.39 Å². The van der Waals surface area contributed by atoms with Gasteiger partial charge >= 0.3 is 5.97 Å². The van der Waals surface area contributed by atoms with E-state index in [2.05, 4.69) is 4.74 Å². The van der Waals surface area contributed by atoms with Crippen molar-refractivity contribution >= 4 is 46.6 Å². The summed E-state index contributed by atoms with van der Waals surface area (Å²) in [7, 11) is 0. The van der Waals surface area contributed by atoms with E-state index < -0.39 is 17.9 Å². The Morgan fingerprint density at radius 3 is 2.22 bits per heavy atom. The van der Waals surface area contributed by atoms with Gasteiger partial charge in [-0.15, -0.1) is 0 Å². The number of hydrogen-bond donors (Lipinski definition) is 0. The van der Waals surface area contributed by atoms with Gasteiger partial charge in [0.25, 0.3) is 6.17 Å². The van der Waals surface area contributed by atoms with E-state index in [-0.39, 0.29) is 27.2 Å². The van der Waals surface area contributed by atoms with Crippen molar-refractivity contribution < 1.29 is 18.7 Å². The summed E-state index contributed by atoms with van der Waals surface area (Å²) >= 11 is 17.1. The Balaban J connectivity index is 3.08. The first-order valence-electron chi connectivity index (χ1n) is 4.88. The Kier molecular flexibility index (Phi) is 5.38. The van der Waals surface area contributed by atoms with Crippen LogP contribution >= 0.6 is 34.8 Å². The minimum absolute atomic E-state index is 0.0331. The Morgan fingerprint density at radius 1 is 1.28 bits per heavy atom. The maximum Gasteiger partial charge on any atom is 0.349 e. The van der Waals surface area contributed by atoms with Gasteiger partial charge in [-0.25, -0.2) is 9.18 Å². The van der Waals surface area contributed by atoms with Gasteiger partial charge in [0, 0.05) is 5.02 Å². The fourth-order valence-corrected chi connectivity index (χ4v) is 2.23. The predicted octanol–water partition coefficient (Wildman–Crippen LogP) is 3.73. The summed E-state index contributed by atoms with van der Waals surface area (Å²) in [4.78, 5) is 22.8. The zero-order chi connectivity index (χ0) is 13.9. The highest BCUT2D eigenvalue weighted by Gasteiger charge is 2.31. The molecule has 1 atom stereocenters. The van der Waals surface area contributed by atoms with Crippen molar-refractivity contribution in [1.29, 1.82) is 0 Å². The molecule has 0 N–H and O–H groups in total. The van der Waals surface area contributed by atoms with Crippen LogP contribution in [-0.4, -0.2) is 24.5 Å². The molecule has 0 aromatic heterocycles. The maximum absolute atomic E-state index is 13.5. The third-order valence-corrected chi connectivity index (χ3v) is 2.79. The average Bonchev–Trinajstić information content (AvgIpc) is 2.26. The van der Waals surface area contributed by atoms with E-state index in [9.17, 15) is 14.0 Å². The summed E-state index contributed by atoms with van der Waals surface area (Å²) in [6, 6.07) is 2.47. The van der Waals surface area contributed by atoms with E-state index in [0.717, 1.165) is 0 Å². The molecule has 0 spiro atoms. The lowest BCUT2D eigenvalue weighted by Crippen LogP contribution is -2.28. The molecular formula is C11H8Cl3FO3. The van der Waals surface area contributed by atoms with E-state index in [1.165, 1.54) is 19.1 Å². The zero-order valence-corrected chi connectivity index (χ0v) is 11.4. The number of benzene rings is 1. The normalized spacial score (nSPS) is 12.1. The van der Waals surface area contributed by atoms with E-state index in [4.69, 9.17) is 34.8 Å². The standard InChI is InChI=1S/C11H8Cl3FO3/c1-2-18-11(17)9(15)10(16)8-6(13)3-5(12)4-7(8)14/h3-4,9H,2H2,1H3. The first-order chi connectivity index (χ1) is 8.38. The third kappa shape index (κ3) is 3.34. The van der Waals surface area contributed by atoms with Crippen molar-refractivity contribution in [2.24, 2.45) is 0 Å². The number of alkyl halides is 1. The van der Waals surface area contributed by atoms with Crippen molar-refractivity contribution in [3.05, 3.63) is 32.8 Å². The Labute approximate surface area is 118 Å². The Hall–Kier alpha value is -0.840. The summed E-state index contributed by atoms with van der Waals surface area (Å²) in [5.74, 6) is -2.43. The van der Waals surface area contributed by atoms with E-state index in [0.29, 0.717) is 0 Å². The van der Waals surface area contributed by atoms with Gasteiger partial charge in [-0.1, -0.05) is 34.8 Å². The Bertz CT molecular complexity index is 467. The van der Waals surface area contributed by atoms with Crippen LogP contribution in [0, 0.1) is 0 Å². The largest absolute Gasteiger partial charge is 0.463 e. The molecule has 0 radical (unpaired) electrons. The third-order valence-electron chi connectivity index (χ3n) is 1.98. The number of carbonyl (C=O) groups excluding carboxylic acids is 2. The van der Waals surface area contributed by atoms with Gasteiger partial charge in [0.2, 0.25) is 5.78 Å². The van der Waals surface area contributed by atoms with Gasteiger partial charge in [0.1, 0.15) is 0 Å². The number of ketones is 1. The molecule has 3 nitrogen and oxygen atoms in total. The van der Waals surface area contributed by atoms with Crippen molar-refractivity contribution in [1.82, 2.24) is 0 Å². The second-order valence-corrected chi connectivity index (χ2v) is 4.47. The predicted molar refractivity (Wildman–Crippen MR) is 67.3 cm³/mol. The first kappa shape index (κ1) is 15.2. The van der Waals surface area contributed by atoms with Crippen LogP contribution in [-0.2, 0) is 9.53 Å². The molecule has 0 saturated carbocycles. The van der Waals surface area contributed by atoms with Crippen LogP contribution in [0.15, 0.2) is 12.1 Å². The summed E-state index contributed by atoms with van der Waals surface area (Å²) in [6.45, 7) is 1.46. The highest BCUT2D eigenvalue weighted by Crippen LogP contribution is 2.30. The van der Waals surface area contributed by atoms with Crippen LogP contribution in [0.1, 0.15) is 17.3 Å². The molecule has 1 rings (SSSR count). The van der Waals surface area contributed by atoms with Crippen molar-refractivity contribution in [3.8, 4) is 0 Å². The summed E-state index contributed by atoms with van der Waals surface area (Å²) in [5.41, 5.74) is -0.289. The van der Waals surface area contributed by atoms with E-state index in [1.807, 2.05) is 0 Å². The van der Waals surface area contributed by atoms with Gasteiger partial charge in [-0.2, -0.15) is 0 Å². The van der Waals surface area contributed by atoms with Gasteiger partial charge < -0.3 is 4.74 Å². The molecule has 0 bridgehead atoms. The summed E-state index contributed by atoms with van der Waals surface area (Å²) in [5, 5.41) is -0.0398. The van der Waals surface area contributed by atoms with Gasteiger partial charge in [-0.3, -0.25) is 4.79 Å². The number of esters is 1. The maximum atomic E-state index is 13.5. The van der Waals surface area contributed by atoms with E-state index in [1.54, 1.807) is 0 Å². The fourth-order valence-electron chi connectivity index (χ4n) is 1.23. The van der Waals surface area contributed by atoms with Crippen LogP contribution in [0.3, 0.4) is 0 Å². The molecule has 0 aliphatic rings. The molecule has 1 aromatic carbocycles. The molecule has 7 heteroatoms. The summed E-state index contributed by atoms with van der Waals surface area (Å²) in [6.07, 6.45) is -2.46. The SMILES string of the molecule is CCOC(=O)C(F)C(=O)c1c(Cl)cc(Cl)cc1Cl. The minimum Gasteiger partial charge on any atom is -0.463 e. The Morgan fingerprint density at radius 2 is 1.78 bits per heavy atom. The van der Waals surface area contributed by atoms with Crippen LogP contribution in [0.2, 0.25) is 15.1 Å². The number of carbonyl (C=O) groups is 2. The molecule has 18 heavy (non-hydrogen) atoms. The van der Waals surface area contributed by atoms with Crippen LogP contribution in [0.25, 0.3) is 0 Å². The fraction of sp³-hybridized carbons (Fsp3) is 0.273. The highest BCUT2D eigenvalue weighted by molar-refractivity contribution is 6.43. The van der Waals surface area contributed by atoms with Crippen LogP contribution < -0.4 is 0 Å². The molecule has 0 fully saturated rings. The topological polar surface area (TPSA) is 43.4 Å². The molecule has 0 aliphatic heterocycles.